The Morgan fingerprint density at radius 3 is 2.77 bits per heavy atom. The molecule has 1 nitrogen and oxygen atoms in total. The van der Waals surface area contributed by atoms with Gasteiger partial charge in [0.2, 0.25) is 0 Å². The lowest BCUT2D eigenvalue weighted by Crippen LogP contribution is -2.12. The maximum absolute atomic E-state index is 13.5. The summed E-state index contributed by atoms with van der Waals surface area (Å²) in [4.78, 5) is 13.9. The molecular weight excluding hydrogens is 322 g/mol. The Kier molecular flexibility index (Phi) is 4.36. The van der Waals surface area contributed by atoms with Crippen molar-refractivity contribution < 1.29 is 13.6 Å². The fourth-order valence-corrected chi connectivity index (χ4v) is 3.96. The molecule has 2 aromatic rings. The summed E-state index contributed by atoms with van der Waals surface area (Å²) in [7, 11) is 0. The first-order valence-electron chi connectivity index (χ1n) is 6.63. The third kappa shape index (κ3) is 3.10. The predicted octanol–water partition coefficient (Wildman–Crippen LogP) is 5.24. The lowest BCUT2D eigenvalue weighted by Gasteiger charge is -2.16. The highest BCUT2D eigenvalue weighted by Gasteiger charge is 2.22. The summed E-state index contributed by atoms with van der Waals surface area (Å²) in [5.74, 6) is -0.297. The highest BCUT2D eigenvalue weighted by molar-refractivity contribution is 8.02. The fraction of sp³-hybridized carbons (Fsp3) is 0.118. The number of ketones is 1. The van der Waals surface area contributed by atoms with Crippen molar-refractivity contribution in [1.29, 1.82) is 0 Å². The molecule has 0 aromatic heterocycles. The molecule has 0 spiro atoms. The average Bonchev–Trinajstić information content (AvgIpc) is 2.50. The summed E-state index contributed by atoms with van der Waals surface area (Å²) in [6.45, 7) is 1.70. The van der Waals surface area contributed by atoms with E-state index < -0.39 is 5.82 Å². The number of fused-ring (bicyclic) bond motifs is 1. The minimum atomic E-state index is -0.415. The van der Waals surface area contributed by atoms with Crippen molar-refractivity contribution in [3.05, 3.63) is 70.1 Å². The van der Waals surface area contributed by atoms with Gasteiger partial charge < -0.3 is 0 Å². The van der Waals surface area contributed by atoms with Gasteiger partial charge in [-0.15, -0.1) is 11.8 Å². The number of hydrogen-bond donors (Lipinski definition) is 0. The maximum Gasteiger partial charge on any atom is 0.191 e. The number of rotatable bonds is 2. The van der Waals surface area contributed by atoms with Crippen molar-refractivity contribution in [1.82, 2.24) is 0 Å². The van der Waals surface area contributed by atoms with Gasteiger partial charge in [-0.05, 0) is 48.2 Å². The highest BCUT2D eigenvalue weighted by Crippen LogP contribution is 2.35. The Hall–Kier alpha value is -1.59. The van der Waals surface area contributed by atoms with Crippen LogP contribution < -0.4 is 0 Å². The number of thioether (sulfide) groups is 2. The second-order valence-corrected chi connectivity index (χ2v) is 6.89. The number of Topliss-reactive ketones (excluding diaryl/α,β-unsaturated/α-hetero) is 1. The van der Waals surface area contributed by atoms with Gasteiger partial charge in [0.1, 0.15) is 11.6 Å². The fourth-order valence-electron chi connectivity index (χ4n) is 2.07. The number of carbonyl (C=O) groups is 1. The van der Waals surface area contributed by atoms with Crippen LogP contribution in [0, 0.1) is 18.6 Å². The summed E-state index contributed by atoms with van der Waals surface area (Å²) in [5, 5.41) is 1.73. The zero-order valence-electron chi connectivity index (χ0n) is 11.7. The molecule has 22 heavy (non-hydrogen) atoms. The molecule has 0 unspecified atom stereocenters. The normalized spacial score (nSPS) is 16.0. The topological polar surface area (TPSA) is 17.1 Å². The molecule has 1 aliphatic heterocycles. The summed E-state index contributed by atoms with van der Waals surface area (Å²) < 4.78 is 26.8. The third-order valence-electron chi connectivity index (χ3n) is 3.34. The summed E-state index contributed by atoms with van der Waals surface area (Å²) in [5.41, 5.74) is 1.60. The standard InChI is InChI=1S/C17H12F2OS2/c1-10-2-4-13(7-15(10)19)21-8-11-9-22-16-5-3-12(18)6-14(16)17(11)20/h2-8H,9H2,1H3/b11-8+. The molecule has 0 N–H and O–H groups in total. The van der Waals surface area contributed by atoms with Gasteiger partial charge >= 0.3 is 0 Å². The largest absolute Gasteiger partial charge is 0.289 e. The maximum atomic E-state index is 13.5. The third-order valence-corrected chi connectivity index (χ3v) is 5.39. The van der Waals surface area contributed by atoms with Crippen molar-refractivity contribution in [2.24, 2.45) is 0 Å². The number of carbonyl (C=O) groups excluding carboxylic acids is 1. The van der Waals surface area contributed by atoms with Gasteiger partial charge in [0.25, 0.3) is 0 Å². The molecule has 0 radical (unpaired) electrons. The van der Waals surface area contributed by atoms with E-state index >= 15 is 0 Å². The highest BCUT2D eigenvalue weighted by atomic mass is 32.2. The Balaban J connectivity index is 1.83. The second kappa shape index (κ2) is 6.26. The van der Waals surface area contributed by atoms with E-state index in [4.69, 9.17) is 0 Å². The van der Waals surface area contributed by atoms with Crippen molar-refractivity contribution in [2.45, 2.75) is 16.7 Å². The van der Waals surface area contributed by atoms with Crippen LogP contribution in [0.25, 0.3) is 0 Å². The monoisotopic (exact) mass is 334 g/mol. The summed E-state index contributed by atoms with van der Waals surface area (Å²) in [6.07, 6.45) is 0. The minimum absolute atomic E-state index is 0.159. The number of halogens is 2. The van der Waals surface area contributed by atoms with Crippen molar-refractivity contribution in [3.63, 3.8) is 0 Å². The van der Waals surface area contributed by atoms with E-state index in [1.807, 2.05) is 6.07 Å². The molecule has 0 amide bonds. The van der Waals surface area contributed by atoms with E-state index in [-0.39, 0.29) is 11.6 Å². The number of hydrogen-bond acceptors (Lipinski definition) is 3. The molecule has 112 valence electrons. The number of aryl methyl sites for hydroxylation is 1. The van der Waals surface area contributed by atoms with E-state index in [0.29, 0.717) is 22.5 Å². The van der Waals surface area contributed by atoms with Gasteiger partial charge in [-0.2, -0.15) is 0 Å². The number of benzene rings is 2. The molecular formula is C17H12F2OS2. The molecule has 0 saturated carbocycles. The van der Waals surface area contributed by atoms with Crippen LogP contribution in [0.4, 0.5) is 8.78 Å². The van der Waals surface area contributed by atoms with Crippen LogP contribution in [0.15, 0.2) is 57.2 Å². The van der Waals surface area contributed by atoms with Gasteiger partial charge in [-0.1, -0.05) is 17.8 Å². The van der Waals surface area contributed by atoms with Crippen LogP contribution in [0.3, 0.4) is 0 Å². The Morgan fingerprint density at radius 1 is 1.18 bits per heavy atom. The molecule has 0 bridgehead atoms. The first-order valence-corrected chi connectivity index (χ1v) is 8.50. The minimum Gasteiger partial charge on any atom is -0.289 e. The van der Waals surface area contributed by atoms with Crippen LogP contribution in [0.2, 0.25) is 0 Å². The molecule has 1 aliphatic rings. The van der Waals surface area contributed by atoms with Gasteiger partial charge in [-0.3, -0.25) is 4.79 Å². The van der Waals surface area contributed by atoms with Gasteiger partial charge in [0.15, 0.2) is 5.78 Å². The zero-order chi connectivity index (χ0) is 15.7. The van der Waals surface area contributed by atoms with Crippen LogP contribution in [0.1, 0.15) is 15.9 Å². The Labute approximate surface area is 135 Å². The van der Waals surface area contributed by atoms with Crippen molar-refractivity contribution >= 4 is 29.3 Å². The summed E-state index contributed by atoms with van der Waals surface area (Å²) in [6, 6.07) is 9.23. The van der Waals surface area contributed by atoms with Gasteiger partial charge in [0, 0.05) is 26.7 Å². The van der Waals surface area contributed by atoms with E-state index in [0.717, 1.165) is 9.79 Å². The van der Waals surface area contributed by atoms with Crippen LogP contribution in [-0.2, 0) is 0 Å². The van der Waals surface area contributed by atoms with E-state index in [1.165, 1.54) is 41.7 Å². The first kappa shape index (κ1) is 15.3. The molecule has 0 saturated heterocycles. The first-order chi connectivity index (χ1) is 10.5. The molecule has 2 aromatic carbocycles. The van der Waals surface area contributed by atoms with Gasteiger partial charge in [0.05, 0.1) is 0 Å². The molecule has 0 atom stereocenters. The quantitative estimate of drug-likeness (QED) is 0.552. The molecule has 0 fully saturated rings. The van der Waals surface area contributed by atoms with E-state index in [2.05, 4.69) is 0 Å². The van der Waals surface area contributed by atoms with Crippen molar-refractivity contribution in [3.8, 4) is 0 Å². The van der Waals surface area contributed by atoms with Crippen molar-refractivity contribution in [2.75, 3.05) is 5.75 Å². The molecule has 3 rings (SSSR count). The molecule has 5 heteroatoms. The molecule has 1 heterocycles. The van der Waals surface area contributed by atoms with Crippen LogP contribution >= 0.6 is 23.5 Å². The average molecular weight is 334 g/mol. The van der Waals surface area contributed by atoms with E-state index in [9.17, 15) is 13.6 Å². The second-order valence-electron chi connectivity index (χ2n) is 4.93. The van der Waals surface area contributed by atoms with Gasteiger partial charge in [-0.25, -0.2) is 8.78 Å². The van der Waals surface area contributed by atoms with Crippen LogP contribution in [0.5, 0.6) is 0 Å². The SMILES string of the molecule is Cc1ccc(S/C=C2\CSc3ccc(F)cc3C2=O)cc1F. The smallest absolute Gasteiger partial charge is 0.191 e. The lowest BCUT2D eigenvalue weighted by molar-refractivity contribution is 0.103. The van der Waals surface area contributed by atoms with Crippen LogP contribution in [-0.4, -0.2) is 11.5 Å². The molecule has 0 aliphatic carbocycles. The Morgan fingerprint density at radius 2 is 2.00 bits per heavy atom. The predicted molar refractivity (Wildman–Crippen MR) is 86.5 cm³/mol. The lowest BCUT2D eigenvalue weighted by atomic mass is 10.1. The zero-order valence-corrected chi connectivity index (χ0v) is 13.4. The van der Waals surface area contributed by atoms with E-state index in [1.54, 1.807) is 24.5 Å². The summed E-state index contributed by atoms with van der Waals surface area (Å²) >= 11 is 2.81. The Bertz CT molecular complexity index is 784.